The minimum Gasteiger partial charge on any atom is -0.496 e. The molecule has 0 spiro atoms. The smallest absolute Gasteiger partial charge is 0.307 e. The van der Waals surface area contributed by atoms with Crippen molar-refractivity contribution in [1.29, 1.82) is 0 Å². The molecule has 5 heteroatoms. The minimum absolute atomic E-state index is 0.113. The Labute approximate surface area is 147 Å². The van der Waals surface area contributed by atoms with E-state index in [-0.39, 0.29) is 18.6 Å². The minimum atomic E-state index is -0.850. The Balaban J connectivity index is 2.60. The van der Waals surface area contributed by atoms with Crippen molar-refractivity contribution in [1.82, 2.24) is 0 Å². The van der Waals surface area contributed by atoms with Gasteiger partial charge in [-0.2, -0.15) is 0 Å². The fraction of sp³-hybridized carbons (Fsp3) is 0.350. The van der Waals surface area contributed by atoms with Gasteiger partial charge in [-0.05, 0) is 43.5 Å². The van der Waals surface area contributed by atoms with Crippen molar-refractivity contribution in [2.75, 3.05) is 13.7 Å². The Morgan fingerprint density at radius 1 is 1.20 bits per heavy atom. The number of aryl methyl sites for hydroxylation is 2. The molecule has 4 nitrogen and oxygen atoms in total. The molecule has 0 fully saturated rings. The second kappa shape index (κ2) is 8.12. The quantitative estimate of drug-likeness (QED) is 0.802. The van der Waals surface area contributed by atoms with E-state index < -0.39 is 17.8 Å². The normalized spacial score (nSPS) is 11.9. The molecule has 134 valence electrons. The van der Waals surface area contributed by atoms with Gasteiger partial charge in [0.25, 0.3) is 0 Å². The number of nitrogens with two attached hydrogens (primary N) is 1. The third kappa shape index (κ3) is 3.99. The number of ether oxygens (including phenoxy) is 2. The van der Waals surface area contributed by atoms with Crippen LogP contribution in [0.5, 0.6) is 5.75 Å². The molecular formula is C20H24FNO3. The first kappa shape index (κ1) is 18.9. The maximum Gasteiger partial charge on any atom is 0.307 e. The first-order valence-corrected chi connectivity index (χ1v) is 8.24. The van der Waals surface area contributed by atoms with Crippen LogP contribution in [0.25, 0.3) is 11.1 Å². The van der Waals surface area contributed by atoms with Gasteiger partial charge in [0.15, 0.2) is 0 Å². The van der Waals surface area contributed by atoms with Crippen LogP contribution in [0.1, 0.15) is 36.1 Å². The number of halogens is 1. The van der Waals surface area contributed by atoms with E-state index in [0.717, 1.165) is 16.7 Å². The molecule has 2 aromatic carbocycles. The fourth-order valence-corrected chi connectivity index (χ4v) is 2.93. The van der Waals surface area contributed by atoms with E-state index in [1.54, 1.807) is 19.9 Å². The molecular weight excluding hydrogens is 321 g/mol. The van der Waals surface area contributed by atoms with Crippen molar-refractivity contribution >= 4 is 5.97 Å². The third-order valence-corrected chi connectivity index (χ3v) is 4.13. The highest BCUT2D eigenvalue weighted by atomic mass is 19.1. The predicted molar refractivity (Wildman–Crippen MR) is 96.0 cm³/mol. The number of methoxy groups -OCH3 is 1. The number of carbonyl (C=O) groups is 1. The summed E-state index contributed by atoms with van der Waals surface area (Å²) in [5.74, 6) is -0.560. The Morgan fingerprint density at radius 3 is 2.48 bits per heavy atom. The highest BCUT2D eigenvalue weighted by Crippen LogP contribution is 2.40. The zero-order valence-corrected chi connectivity index (χ0v) is 15.1. The molecule has 0 heterocycles. The molecule has 2 aromatic rings. The van der Waals surface area contributed by atoms with Crippen LogP contribution in [0.2, 0.25) is 0 Å². The number of carbonyl (C=O) groups excluding carboxylic acids is 1. The number of hydrogen-bond acceptors (Lipinski definition) is 4. The lowest BCUT2D eigenvalue weighted by molar-refractivity contribution is -0.143. The zero-order chi connectivity index (χ0) is 18.6. The molecule has 1 unspecified atom stereocenters. The van der Waals surface area contributed by atoms with Crippen molar-refractivity contribution in [3.63, 3.8) is 0 Å². The fourth-order valence-electron chi connectivity index (χ4n) is 2.93. The molecule has 0 bridgehead atoms. The molecule has 0 aliphatic carbocycles. The molecule has 1 atom stereocenters. The van der Waals surface area contributed by atoms with Crippen LogP contribution in [0.4, 0.5) is 4.39 Å². The van der Waals surface area contributed by atoms with E-state index in [4.69, 9.17) is 15.2 Å². The number of rotatable bonds is 6. The van der Waals surface area contributed by atoms with Crippen LogP contribution < -0.4 is 10.5 Å². The van der Waals surface area contributed by atoms with Gasteiger partial charge >= 0.3 is 5.97 Å². The van der Waals surface area contributed by atoms with Gasteiger partial charge in [0.1, 0.15) is 11.6 Å². The highest BCUT2D eigenvalue weighted by Gasteiger charge is 2.25. The van der Waals surface area contributed by atoms with Gasteiger partial charge in [0.2, 0.25) is 0 Å². The van der Waals surface area contributed by atoms with Gasteiger partial charge in [-0.15, -0.1) is 0 Å². The molecule has 0 amide bonds. The topological polar surface area (TPSA) is 61.5 Å². The summed E-state index contributed by atoms with van der Waals surface area (Å²) in [6.07, 6.45) is -0.113. The standard InChI is InChI=1S/C20H24FNO3/c1-5-25-17(23)11-16(22)18-19(21)13(3)10-15(20(18)24-4)14-9-7-6-8-12(14)2/h6-10,16H,5,11,22H2,1-4H3. The van der Waals surface area contributed by atoms with E-state index in [0.29, 0.717) is 11.3 Å². The molecule has 2 N–H and O–H groups in total. The maximum atomic E-state index is 14.8. The van der Waals surface area contributed by atoms with Crippen LogP contribution in [0.3, 0.4) is 0 Å². The summed E-state index contributed by atoms with van der Waals surface area (Å²) in [5, 5.41) is 0. The van der Waals surface area contributed by atoms with Crippen LogP contribution in [-0.4, -0.2) is 19.7 Å². The van der Waals surface area contributed by atoms with Gasteiger partial charge in [-0.1, -0.05) is 24.3 Å². The van der Waals surface area contributed by atoms with Gasteiger partial charge < -0.3 is 15.2 Å². The van der Waals surface area contributed by atoms with Crippen LogP contribution >= 0.6 is 0 Å². The molecule has 0 saturated carbocycles. The van der Waals surface area contributed by atoms with E-state index >= 15 is 0 Å². The molecule has 25 heavy (non-hydrogen) atoms. The van der Waals surface area contributed by atoms with Crippen molar-refractivity contribution in [2.45, 2.75) is 33.2 Å². The Bertz CT molecular complexity index is 774. The average Bonchev–Trinajstić information content (AvgIpc) is 2.57. The summed E-state index contributed by atoms with van der Waals surface area (Å²) in [6.45, 7) is 5.63. The number of esters is 1. The summed E-state index contributed by atoms with van der Waals surface area (Å²) in [4.78, 5) is 11.8. The van der Waals surface area contributed by atoms with Gasteiger partial charge in [0, 0.05) is 17.2 Å². The molecule has 2 rings (SSSR count). The third-order valence-electron chi connectivity index (χ3n) is 4.13. The van der Waals surface area contributed by atoms with Crippen molar-refractivity contribution < 1.29 is 18.7 Å². The monoisotopic (exact) mass is 345 g/mol. The summed E-state index contributed by atoms with van der Waals surface area (Å²) < 4.78 is 25.3. The number of hydrogen-bond donors (Lipinski definition) is 1. The van der Waals surface area contributed by atoms with Crippen LogP contribution in [0.15, 0.2) is 30.3 Å². The average molecular weight is 345 g/mol. The maximum absolute atomic E-state index is 14.8. The van der Waals surface area contributed by atoms with Crippen LogP contribution in [0, 0.1) is 19.7 Å². The lowest BCUT2D eigenvalue weighted by Gasteiger charge is -2.21. The summed E-state index contributed by atoms with van der Waals surface area (Å²) >= 11 is 0. The van der Waals surface area contributed by atoms with Crippen molar-refractivity contribution in [2.24, 2.45) is 5.73 Å². The molecule has 0 radical (unpaired) electrons. The van der Waals surface area contributed by atoms with E-state index in [2.05, 4.69) is 0 Å². The summed E-state index contributed by atoms with van der Waals surface area (Å²) in [5.41, 5.74) is 9.53. The Kier molecular flexibility index (Phi) is 6.15. The molecule has 0 aliphatic rings. The van der Waals surface area contributed by atoms with E-state index in [9.17, 15) is 9.18 Å². The first-order chi connectivity index (χ1) is 11.9. The highest BCUT2D eigenvalue weighted by molar-refractivity contribution is 5.77. The first-order valence-electron chi connectivity index (χ1n) is 8.24. The lowest BCUT2D eigenvalue weighted by atomic mass is 9.91. The molecule has 0 aromatic heterocycles. The second-order valence-corrected chi connectivity index (χ2v) is 5.93. The molecule has 0 saturated heterocycles. The van der Waals surface area contributed by atoms with Gasteiger partial charge in [-0.25, -0.2) is 4.39 Å². The Morgan fingerprint density at radius 2 is 1.88 bits per heavy atom. The van der Waals surface area contributed by atoms with E-state index in [1.807, 2.05) is 31.2 Å². The lowest BCUT2D eigenvalue weighted by Crippen LogP contribution is -2.20. The predicted octanol–water partition coefficient (Wildman–Crippen LogP) is 4.07. The zero-order valence-electron chi connectivity index (χ0n) is 15.1. The SMILES string of the molecule is CCOC(=O)CC(N)c1c(F)c(C)cc(-c2ccccc2C)c1OC. The second-order valence-electron chi connectivity index (χ2n) is 5.93. The number of benzene rings is 2. The van der Waals surface area contributed by atoms with Crippen molar-refractivity contribution in [3.05, 3.63) is 52.8 Å². The summed E-state index contributed by atoms with van der Waals surface area (Å²) in [7, 11) is 1.48. The van der Waals surface area contributed by atoms with Crippen molar-refractivity contribution in [3.8, 4) is 16.9 Å². The Hall–Kier alpha value is -2.40. The summed E-state index contributed by atoms with van der Waals surface area (Å²) in [6, 6.07) is 8.68. The van der Waals surface area contributed by atoms with Gasteiger partial charge in [0.05, 0.1) is 20.1 Å². The van der Waals surface area contributed by atoms with Gasteiger partial charge in [-0.3, -0.25) is 4.79 Å². The van der Waals surface area contributed by atoms with E-state index in [1.165, 1.54) is 7.11 Å². The molecule has 0 aliphatic heterocycles. The van der Waals surface area contributed by atoms with Crippen LogP contribution in [-0.2, 0) is 9.53 Å². The largest absolute Gasteiger partial charge is 0.496 e.